The molecule has 16 heavy (non-hydrogen) atoms. The zero-order valence-corrected chi connectivity index (χ0v) is 9.90. The van der Waals surface area contributed by atoms with Crippen LogP contribution in [0, 0.1) is 11.8 Å². The molecule has 5 atom stereocenters. The number of quaternary nitrogens is 1. The van der Waals surface area contributed by atoms with Crippen LogP contribution in [0.5, 0.6) is 0 Å². The first-order chi connectivity index (χ1) is 7.77. The van der Waals surface area contributed by atoms with Crippen molar-refractivity contribution < 1.29 is 10.1 Å². The Bertz CT molecular complexity index is 292. The molecule has 5 unspecified atom stereocenters. The van der Waals surface area contributed by atoms with Crippen molar-refractivity contribution in [2.45, 2.75) is 63.1 Å². The first-order valence-corrected chi connectivity index (χ1v) is 6.90. The van der Waals surface area contributed by atoms with E-state index in [0.717, 1.165) is 18.9 Å². The Kier molecular flexibility index (Phi) is 2.76. The first kappa shape index (κ1) is 10.7. The molecule has 3 rings (SSSR count). The van der Waals surface area contributed by atoms with Crippen LogP contribution in [0.25, 0.3) is 0 Å². The van der Waals surface area contributed by atoms with Gasteiger partial charge in [-0.1, -0.05) is 6.42 Å². The molecule has 3 aliphatic rings. The fraction of sp³-hybridized carbons (Fsp3) is 0.923. The van der Waals surface area contributed by atoms with Gasteiger partial charge >= 0.3 is 0 Å². The van der Waals surface area contributed by atoms with Crippen molar-refractivity contribution in [3.8, 4) is 0 Å². The van der Waals surface area contributed by atoms with Crippen LogP contribution in [0.15, 0.2) is 0 Å². The number of hydrogen-bond donors (Lipinski definition) is 2. The largest absolute Gasteiger partial charge is 0.340 e. The molecule has 3 heteroatoms. The van der Waals surface area contributed by atoms with Crippen molar-refractivity contribution in [2.24, 2.45) is 17.6 Å². The number of nitrogens with two attached hydrogens (primary N) is 2. The molecule has 1 heterocycles. The van der Waals surface area contributed by atoms with Gasteiger partial charge in [0.25, 0.3) is 0 Å². The summed E-state index contributed by atoms with van der Waals surface area (Å²) >= 11 is 0. The minimum absolute atomic E-state index is 0.160. The van der Waals surface area contributed by atoms with Gasteiger partial charge in [0.2, 0.25) is 0 Å². The van der Waals surface area contributed by atoms with Crippen LogP contribution < -0.4 is 11.1 Å². The predicted molar refractivity (Wildman–Crippen MR) is 61.8 cm³/mol. The predicted octanol–water partition coefficient (Wildman–Crippen LogP) is 0.187. The molecule has 90 valence electrons. The highest BCUT2D eigenvalue weighted by Gasteiger charge is 2.50. The monoisotopic (exact) mass is 223 g/mol. The van der Waals surface area contributed by atoms with E-state index in [1.54, 1.807) is 0 Å². The van der Waals surface area contributed by atoms with Gasteiger partial charge in [-0.2, -0.15) is 0 Å². The highest BCUT2D eigenvalue weighted by atomic mass is 16.1. The third-order valence-electron chi connectivity index (χ3n) is 5.07. The lowest BCUT2D eigenvalue weighted by atomic mass is 9.66. The maximum absolute atomic E-state index is 12.0. The maximum atomic E-state index is 12.0. The molecule has 2 saturated carbocycles. The molecule has 1 saturated heterocycles. The van der Waals surface area contributed by atoms with E-state index in [1.165, 1.54) is 32.1 Å². The Hall–Kier alpha value is -0.410. The Balaban J connectivity index is 1.82. The molecule has 0 aromatic rings. The Labute approximate surface area is 97.2 Å². The number of hydrogen-bond acceptors (Lipinski definition) is 2. The van der Waals surface area contributed by atoms with Crippen LogP contribution in [0.1, 0.15) is 44.9 Å². The number of rotatable bonds is 0. The number of carbonyl (C=O) groups is 1. The summed E-state index contributed by atoms with van der Waals surface area (Å²) in [6.07, 6.45) is 8.30. The van der Waals surface area contributed by atoms with Gasteiger partial charge < -0.3 is 11.1 Å². The van der Waals surface area contributed by atoms with Crippen LogP contribution in [0.4, 0.5) is 0 Å². The quantitative estimate of drug-likeness (QED) is 0.616. The van der Waals surface area contributed by atoms with E-state index < -0.39 is 0 Å². The van der Waals surface area contributed by atoms with Crippen molar-refractivity contribution in [2.75, 3.05) is 0 Å². The summed E-state index contributed by atoms with van der Waals surface area (Å²) in [5.41, 5.74) is 6.39. The first-order valence-electron chi connectivity index (χ1n) is 6.90. The molecule has 3 nitrogen and oxygen atoms in total. The van der Waals surface area contributed by atoms with Gasteiger partial charge in [0.15, 0.2) is 0 Å². The van der Waals surface area contributed by atoms with E-state index in [-0.39, 0.29) is 12.0 Å². The van der Waals surface area contributed by atoms with Gasteiger partial charge in [0.05, 0.1) is 18.0 Å². The molecule has 1 aliphatic heterocycles. The second-order valence-corrected chi connectivity index (χ2v) is 5.93. The van der Waals surface area contributed by atoms with Gasteiger partial charge in [-0.25, -0.2) is 0 Å². The zero-order chi connectivity index (χ0) is 11.1. The lowest BCUT2D eigenvalue weighted by Gasteiger charge is -2.46. The number of ketones is 1. The van der Waals surface area contributed by atoms with Crippen LogP contribution in [-0.2, 0) is 4.79 Å². The number of piperidine rings is 1. The topological polar surface area (TPSA) is 59.7 Å². The lowest BCUT2D eigenvalue weighted by Crippen LogP contribution is -3.02. The average Bonchev–Trinajstić information content (AvgIpc) is 2.29. The van der Waals surface area contributed by atoms with E-state index >= 15 is 0 Å². The van der Waals surface area contributed by atoms with E-state index in [9.17, 15) is 4.79 Å². The highest BCUT2D eigenvalue weighted by molar-refractivity contribution is 5.83. The van der Waals surface area contributed by atoms with Gasteiger partial charge in [0, 0.05) is 24.8 Å². The Morgan fingerprint density at radius 3 is 2.69 bits per heavy atom. The van der Waals surface area contributed by atoms with Gasteiger partial charge in [-0.05, 0) is 25.7 Å². The summed E-state index contributed by atoms with van der Waals surface area (Å²) < 4.78 is 0. The molecular formula is C13H23N2O+. The third kappa shape index (κ3) is 1.61. The number of carbonyl (C=O) groups excluding carboxylic acids is 1. The molecule has 0 aromatic carbocycles. The van der Waals surface area contributed by atoms with Gasteiger partial charge in [0.1, 0.15) is 5.78 Å². The summed E-state index contributed by atoms with van der Waals surface area (Å²) in [4.78, 5) is 12.0. The van der Waals surface area contributed by atoms with Crippen molar-refractivity contribution in [1.29, 1.82) is 0 Å². The van der Waals surface area contributed by atoms with Crippen LogP contribution in [0.3, 0.4) is 0 Å². The standard InChI is InChI=1S/C13H22N2O/c14-13-8-4-1-2-5-9(8)15-10-6-3-7-11(16)12(10)13/h8-10,12-13,15H,1-7,14H2/p+1. The number of Topliss-reactive ketones (excluding diaryl/α,β-unsaturated/α-hetero) is 1. The van der Waals surface area contributed by atoms with E-state index in [2.05, 4.69) is 5.32 Å². The van der Waals surface area contributed by atoms with Crippen molar-refractivity contribution in [3.05, 3.63) is 0 Å². The van der Waals surface area contributed by atoms with Crippen molar-refractivity contribution in [3.63, 3.8) is 0 Å². The summed E-state index contributed by atoms with van der Waals surface area (Å²) in [7, 11) is 0. The normalized spacial score (nSPS) is 48.3. The van der Waals surface area contributed by atoms with Crippen LogP contribution in [0.2, 0.25) is 0 Å². The molecule has 0 radical (unpaired) electrons. The fourth-order valence-corrected chi connectivity index (χ4v) is 4.30. The fourth-order valence-electron chi connectivity index (χ4n) is 4.30. The van der Waals surface area contributed by atoms with E-state index in [4.69, 9.17) is 5.73 Å². The molecule has 0 aromatic heterocycles. The molecular weight excluding hydrogens is 200 g/mol. The minimum Gasteiger partial charge on any atom is -0.340 e. The highest BCUT2D eigenvalue weighted by Crippen LogP contribution is 2.34. The zero-order valence-electron chi connectivity index (χ0n) is 9.90. The van der Waals surface area contributed by atoms with E-state index in [1.807, 2.05) is 0 Å². The molecule has 0 bridgehead atoms. The Morgan fingerprint density at radius 1 is 1.06 bits per heavy atom. The SMILES string of the molecule is NC1C2CCCCC2[NH2+]C2CCCC(=O)C21. The summed E-state index contributed by atoms with van der Waals surface area (Å²) in [6, 6.07) is 1.39. The smallest absolute Gasteiger partial charge is 0.143 e. The van der Waals surface area contributed by atoms with Crippen molar-refractivity contribution in [1.82, 2.24) is 0 Å². The Morgan fingerprint density at radius 2 is 1.81 bits per heavy atom. The van der Waals surface area contributed by atoms with Gasteiger partial charge in [-0.3, -0.25) is 4.79 Å². The summed E-state index contributed by atoms with van der Waals surface area (Å²) in [5, 5.41) is 2.51. The molecule has 0 spiro atoms. The number of fused-ring (bicyclic) bond motifs is 2. The third-order valence-corrected chi connectivity index (χ3v) is 5.07. The van der Waals surface area contributed by atoms with Crippen LogP contribution >= 0.6 is 0 Å². The molecule has 3 fully saturated rings. The minimum atomic E-state index is 0.160. The lowest BCUT2D eigenvalue weighted by molar-refractivity contribution is -0.745. The molecule has 2 aliphatic carbocycles. The summed E-state index contributed by atoms with van der Waals surface area (Å²) in [6.45, 7) is 0. The maximum Gasteiger partial charge on any atom is 0.143 e. The molecule has 0 amide bonds. The van der Waals surface area contributed by atoms with E-state index in [0.29, 0.717) is 17.7 Å². The van der Waals surface area contributed by atoms with Crippen molar-refractivity contribution >= 4 is 5.78 Å². The van der Waals surface area contributed by atoms with Crippen LogP contribution in [-0.4, -0.2) is 23.9 Å². The summed E-state index contributed by atoms with van der Waals surface area (Å²) in [5.74, 6) is 1.23. The van der Waals surface area contributed by atoms with Gasteiger partial charge in [-0.15, -0.1) is 0 Å². The second-order valence-electron chi connectivity index (χ2n) is 5.93. The molecule has 4 N–H and O–H groups in total. The average molecular weight is 223 g/mol. The second kappa shape index (κ2) is 4.11.